The van der Waals surface area contributed by atoms with E-state index in [0.29, 0.717) is 17.3 Å². The van der Waals surface area contributed by atoms with Gasteiger partial charge in [-0.3, -0.25) is 0 Å². The van der Waals surface area contributed by atoms with E-state index in [1.54, 1.807) is 0 Å². The first-order valence-corrected chi connectivity index (χ1v) is 12.8. The summed E-state index contributed by atoms with van der Waals surface area (Å²) in [5.74, 6) is 3.85. The number of hydrogen-bond donors (Lipinski definition) is 2. The molecule has 0 aromatic carbocycles. The van der Waals surface area contributed by atoms with E-state index in [9.17, 15) is 14.6 Å². The molecule has 10 atom stereocenters. The molecule has 2 N–H and O–H groups in total. The average Bonchev–Trinajstić information content (AvgIpc) is 3.06. The topological polar surface area (TPSA) is 40.5 Å². The third-order valence-electron chi connectivity index (χ3n) is 10.7. The third kappa shape index (κ3) is 3.70. The van der Waals surface area contributed by atoms with Gasteiger partial charge in [-0.15, -0.1) is 0 Å². The van der Waals surface area contributed by atoms with E-state index in [-0.39, 0.29) is 30.2 Å². The largest absolute Gasteiger partial charge is 0.393 e. The van der Waals surface area contributed by atoms with Crippen molar-refractivity contribution in [3.8, 4) is 0 Å². The molecule has 0 amide bonds. The number of halogens is 1. The van der Waals surface area contributed by atoms with Gasteiger partial charge in [-0.05, 0) is 123 Å². The number of aliphatic hydroxyl groups excluding tert-OH is 2. The van der Waals surface area contributed by atoms with Gasteiger partial charge in [0.1, 0.15) is 6.67 Å². The number of rotatable bonds is 5. The number of hydrogen-bond acceptors (Lipinski definition) is 2. The van der Waals surface area contributed by atoms with Crippen molar-refractivity contribution in [3.05, 3.63) is 11.6 Å². The number of aliphatic hydroxyl groups is 2. The standard InChI is InChI=1S/C27H45FO2/c1-17(16-28)6-5-7-18(2)21-8-9-22-20-15-25(30)24-14-19(29)10-12-27(24,4)23(20)11-13-26(21,22)3/h6,18-25,29-30H,5,7-16H2,1-4H3/t18?,19-,20?,21?,22?,23?,24?,25+,26?,27?/m1/s1. The highest BCUT2D eigenvalue weighted by molar-refractivity contribution is 5.11. The highest BCUT2D eigenvalue weighted by Crippen LogP contribution is 2.68. The fourth-order valence-electron chi connectivity index (χ4n) is 9.10. The molecular weight excluding hydrogens is 375 g/mol. The van der Waals surface area contributed by atoms with Crippen LogP contribution in [-0.2, 0) is 0 Å². The van der Waals surface area contributed by atoms with Crippen molar-refractivity contribution in [2.75, 3.05) is 6.67 Å². The highest BCUT2D eigenvalue weighted by Gasteiger charge is 2.62. The maximum atomic E-state index is 12.8. The SMILES string of the molecule is CC(=CCCC(C)C1CCC2C3C[C@H](O)C4C[C@H](O)CCC4(C)C3CCC12C)CF. The fraction of sp³-hybridized carbons (Fsp3) is 0.926. The van der Waals surface area contributed by atoms with Crippen LogP contribution in [0.15, 0.2) is 11.6 Å². The quantitative estimate of drug-likeness (QED) is 0.512. The first-order chi connectivity index (χ1) is 14.2. The van der Waals surface area contributed by atoms with Gasteiger partial charge in [0, 0.05) is 0 Å². The van der Waals surface area contributed by atoms with Gasteiger partial charge in [0.15, 0.2) is 0 Å². The zero-order chi connectivity index (χ0) is 21.7. The van der Waals surface area contributed by atoms with Gasteiger partial charge in [0.2, 0.25) is 0 Å². The van der Waals surface area contributed by atoms with Gasteiger partial charge in [0.25, 0.3) is 0 Å². The van der Waals surface area contributed by atoms with E-state index >= 15 is 0 Å². The van der Waals surface area contributed by atoms with Crippen LogP contribution in [0.3, 0.4) is 0 Å². The van der Waals surface area contributed by atoms with Gasteiger partial charge in [-0.1, -0.05) is 26.8 Å². The van der Waals surface area contributed by atoms with E-state index in [1.165, 1.54) is 32.1 Å². The lowest BCUT2D eigenvalue weighted by atomic mass is 9.44. The molecule has 8 unspecified atom stereocenters. The Hall–Kier alpha value is -0.410. The molecule has 0 radical (unpaired) electrons. The smallest absolute Gasteiger partial charge is 0.110 e. The van der Waals surface area contributed by atoms with Crippen LogP contribution in [0.25, 0.3) is 0 Å². The van der Waals surface area contributed by atoms with Crippen molar-refractivity contribution >= 4 is 0 Å². The summed E-state index contributed by atoms with van der Waals surface area (Å²) >= 11 is 0. The minimum absolute atomic E-state index is 0.210. The van der Waals surface area contributed by atoms with Crippen molar-refractivity contribution in [3.63, 3.8) is 0 Å². The Labute approximate surface area is 183 Å². The Balaban J connectivity index is 1.49. The summed E-state index contributed by atoms with van der Waals surface area (Å²) in [5.41, 5.74) is 1.48. The summed E-state index contributed by atoms with van der Waals surface area (Å²) in [6, 6.07) is 0. The summed E-state index contributed by atoms with van der Waals surface area (Å²) in [7, 11) is 0. The van der Waals surface area contributed by atoms with E-state index in [0.717, 1.165) is 55.4 Å². The Morgan fingerprint density at radius 1 is 1.00 bits per heavy atom. The zero-order valence-corrected chi connectivity index (χ0v) is 19.7. The predicted molar refractivity (Wildman–Crippen MR) is 121 cm³/mol. The van der Waals surface area contributed by atoms with Crippen molar-refractivity contribution in [2.45, 2.75) is 104 Å². The molecule has 0 bridgehead atoms. The Bertz CT molecular complexity index is 647. The molecule has 30 heavy (non-hydrogen) atoms. The monoisotopic (exact) mass is 420 g/mol. The Kier molecular flexibility index (Phi) is 6.45. The van der Waals surface area contributed by atoms with Crippen LogP contribution in [0, 0.1) is 46.3 Å². The van der Waals surface area contributed by atoms with Crippen molar-refractivity contribution < 1.29 is 14.6 Å². The summed E-state index contributed by atoms with van der Waals surface area (Å²) < 4.78 is 12.8. The molecule has 172 valence electrons. The van der Waals surface area contributed by atoms with Crippen LogP contribution in [0.2, 0.25) is 0 Å². The first kappa shape index (κ1) is 22.8. The van der Waals surface area contributed by atoms with Crippen molar-refractivity contribution in [2.24, 2.45) is 46.3 Å². The molecule has 4 rings (SSSR count). The van der Waals surface area contributed by atoms with Gasteiger partial charge in [-0.25, -0.2) is 4.39 Å². The molecule has 3 heteroatoms. The molecule has 0 aromatic rings. The molecule has 2 nitrogen and oxygen atoms in total. The van der Waals surface area contributed by atoms with Crippen LogP contribution in [-0.4, -0.2) is 29.1 Å². The van der Waals surface area contributed by atoms with Gasteiger partial charge >= 0.3 is 0 Å². The lowest BCUT2D eigenvalue weighted by Gasteiger charge is -2.62. The maximum absolute atomic E-state index is 12.8. The lowest BCUT2D eigenvalue weighted by Crippen LogP contribution is -2.58. The second-order valence-corrected chi connectivity index (χ2v) is 12.2. The number of fused-ring (bicyclic) bond motifs is 5. The van der Waals surface area contributed by atoms with Crippen LogP contribution in [0.1, 0.15) is 91.9 Å². The third-order valence-corrected chi connectivity index (χ3v) is 10.7. The highest BCUT2D eigenvalue weighted by atomic mass is 19.1. The summed E-state index contributed by atoms with van der Waals surface area (Å²) in [5, 5.41) is 21.4. The van der Waals surface area contributed by atoms with Crippen LogP contribution >= 0.6 is 0 Å². The van der Waals surface area contributed by atoms with E-state index in [1.807, 2.05) is 6.92 Å². The van der Waals surface area contributed by atoms with Crippen LogP contribution < -0.4 is 0 Å². The summed E-state index contributed by atoms with van der Waals surface area (Å²) in [6.45, 7) is 9.01. The molecule has 0 aromatic heterocycles. The summed E-state index contributed by atoms with van der Waals surface area (Å²) in [6.07, 6.45) is 12.8. The molecule has 0 saturated heterocycles. The van der Waals surface area contributed by atoms with Crippen molar-refractivity contribution in [1.29, 1.82) is 0 Å². The Morgan fingerprint density at radius 2 is 1.70 bits per heavy atom. The molecule has 4 saturated carbocycles. The molecule has 4 aliphatic rings. The molecule has 4 aliphatic carbocycles. The van der Waals surface area contributed by atoms with Gasteiger partial charge < -0.3 is 10.2 Å². The van der Waals surface area contributed by atoms with Gasteiger partial charge in [0.05, 0.1) is 12.2 Å². The normalized spacial score (nSPS) is 49.8. The second-order valence-electron chi connectivity index (χ2n) is 12.2. The minimum atomic E-state index is -0.320. The molecule has 0 aliphatic heterocycles. The number of alkyl halides is 1. The van der Waals surface area contributed by atoms with E-state index in [2.05, 4.69) is 26.8 Å². The summed E-state index contributed by atoms with van der Waals surface area (Å²) in [4.78, 5) is 0. The first-order valence-electron chi connectivity index (χ1n) is 12.8. The second kappa shape index (κ2) is 8.50. The van der Waals surface area contributed by atoms with E-state index < -0.39 is 0 Å². The zero-order valence-electron chi connectivity index (χ0n) is 19.7. The Morgan fingerprint density at radius 3 is 2.43 bits per heavy atom. The minimum Gasteiger partial charge on any atom is -0.393 e. The molecule has 4 fully saturated rings. The van der Waals surface area contributed by atoms with E-state index in [4.69, 9.17) is 0 Å². The molecule has 0 heterocycles. The van der Waals surface area contributed by atoms with Crippen LogP contribution in [0.5, 0.6) is 0 Å². The van der Waals surface area contributed by atoms with Gasteiger partial charge in [-0.2, -0.15) is 0 Å². The molecule has 0 spiro atoms. The fourth-order valence-corrected chi connectivity index (χ4v) is 9.10. The molecular formula is C27H45FO2. The van der Waals surface area contributed by atoms with Crippen molar-refractivity contribution in [1.82, 2.24) is 0 Å². The lowest BCUT2D eigenvalue weighted by molar-refractivity contribution is -0.172. The maximum Gasteiger partial charge on any atom is 0.110 e. The van der Waals surface area contributed by atoms with Crippen LogP contribution in [0.4, 0.5) is 4.39 Å². The average molecular weight is 421 g/mol. The predicted octanol–water partition coefficient (Wildman–Crippen LogP) is 6.31. The number of allylic oxidation sites excluding steroid dienone is 2.